The van der Waals surface area contributed by atoms with Gasteiger partial charge in [-0.1, -0.05) is 12.1 Å². The van der Waals surface area contributed by atoms with Crippen LogP contribution >= 0.6 is 0 Å². The zero-order valence-corrected chi connectivity index (χ0v) is 21.0. The molecule has 1 aliphatic rings. The van der Waals surface area contributed by atoms with Gasteiger partial charge in [-0.2, -0.15) is 18.3 Å². The highest BCUT2D eigenvalue weighted by Crippen LogP contribution is 2.41. The number of benzene rings is 1. The molecule has 0 unspecified atom stereocenters. The van der Waals surface area contributed by atoms with E-state index >= 15 is 4.39 Å². The number of aryl methyl sites for hydroxylation is 2. The van der Waals surface area contributed by atoms with E-state index in [1.807, 2.05) is 0 Å². The zero-order valence-electron chi connectivity index (χ0n) is 20.2. The van der Waals surface area contributed by atoms with E-state index in [1.54, 1.807) is 19.9 Å². The molecule has 1 aliphatic heterocycles. The Labute approximate surface area is 205 Å². The van der Waals surface area contributed by atoms with Gasteiger partial charge in [0.2, 0.25) is 0 Å². The van der Waals surface area contributed by atoms with Crippen molar-refractivity contribution in [3.05, 3.63) is 62.6 Å². The van der Waals surface area contributed by atoms with E-state index in [0.717, 1.165) is 10.7 Å². The van der Waals surface area contributed by atoms with Gasteiger partial charge in [0.05, 0.1) is 28.5 Å². The largest absolute Gasteiger partial charge is 0.416 e. The monoisotopic (exact) mass is 526 g/mol. The number of aromatic nitrogens is 3. The molecule has 3 heterocycles. The van der Waals surface area contributed by atoms with Gasteiger partial charge in [0, 0.05) is 18.3 Å². The molecule has 0 saturated carbocycles. The Bertz CT molecular complexity index is 1500. The van der Waals surface area contributed by atoms with Crippen LogP contribution in [0.5, 0.6) is 0 Å². The summed E-state index contributed by atoms with van der Waals surface area (Å²) in [6.07, 6.45) is -4.98. The molecule has 0 amide bonds. The first kappa shape index (κ1) is 26.1. The Morgan fingerprint density at radius 2 is 1.81 bits per heavy atom. The van der Waals surface area contributed by atoms with Crippen molar-refractivity contribution in [2.75, 3.05) is 16.8 Å². The second-order valence-corrected chi connectivity index (χ2v) is 11.6. The predicted octanol–water partition coefficient (Wildman–Crippen LogP) is 4.51. The van der Waals surface area contributed by atoms with Crippen molar-refractivity contribution in [3.63, 3.8) is 0 Å². The predicted molar refractivity (Wildman–Crippen MR) is 128 cm³/mol. The van der Waals surface area contributed by atoms with E-state index in [2.05, 4.69) is 15.4 Å². The molecule has 7 nitrogen and oxygen atoms in total. The number of hydrogen-bond donors (Lipinski definition) is 1. The van der Waals surface area contributed by atoms with Gasteiger partial charge in [-0.3, -0.25) is 4.79 Å². The van der Waals surface area contributed by atoms with Crippen LogP contribution in [0.1, 0.15) is 53.8 Å². The lowest BCUT2D eigenvalue weighted by Gasteiger charge is -2.31. The van der Waals surface area contributed by atoms with Gasteiger partial charge in [-0.15, -0.1) is 0 Å². The number of sulfone groups is 1. The van der Waals surface area contributed by atoms with E-state index in [-0.39, 0.29) is 57.9 Å². The lowest BCUT2D eigenvalue weighted by molar-refractivity contribution is -0.138. The number of rotatable bonds is 4. The molecule has 1 aromatic carbocycles. The number of alkyl halides is 4. The molecule has 2 aromatic heterocycles. The first-order valence-electron chi connectivity index (χ1n) is 11.3. The number of fused-ring (bicyclic) bond motifs is 1. The lowest BCUT2D eigenvalue weighted by atomic mass is 9.88. The Morgan fingerprint density at radius 3 is 2.42 bits per heavy atom. The van der Waals surface area contributed by atoms with Gasteiger partial charge < -0.3 is 5.32 Å². The minimum Gasteiger partial charge on any atom is -0.362 e. The summed E-state index contributed by atoms with van der Waals surface area (Å²) in [5.74, 6) is -0.448. The van der Waals surface area contributed by atoms with Gasteiger partial charge in [0.15, 0.2) is 15.7 Å². The average molecular weight is 527 g/mol. The molecule has 3 aromatic rings. The molecule has 1 fully saturated rings. The molecule has 1 saturated heterocycles. The van der Waals surface area contributed by atoms with Gasteiger partial charge >= 0.3 is 6.18 Å². The summed E-state index contributed by atoms with van der Waals surface area (Å²) in [6.45, 7) is 4.60. The quantitative estimate of drug-likeness (QED) is 0.503. The van der Waals surface area contributed by atoms with Gasteiger partial charge in [-0.05, 0) is 56.9 Å². The summed E-state index contributed by atoms with van der Waals surface area (Å²) in [5, 5.41) is 7.52. The third-order valence-electron chi connectivity index (χ3n) is 6.82. The van der Waals surface area contributed by atoms with Gasteiger partial charge in [-0.25, -0.2) is 22.5 Å². The van der Waals surface area contributed by atoms with Crippen molar-refractivity contribution in [1.29, 1.82) is 0 Å². The smallest absolute Gasteiger partial charge is 0.362 e. The Morgan fingerprint density at radius 1 is 1.17 bits per heavy atom. The fraction of sp³-hybridized carbons (Fsp3) is 0.458. The molecule has 0 radical (unpaired) electrons. The van der Waals surface area contributed by atoms with E-state index in [9.17, 15) is 26.4 Å². The van der Waals surface area contributed by atoms with Crippen LogP contribution in [0.25, 0.3) is 10.9 Å². The van der Waals surface area contributed by atoms with E-state index in [1.165, 1.54) is 26.1 Å². The number of anilines is 1. The second-order valence-electron chi connectivity index (χ2n) is 9.30. The number of nitrogens with zero attached hydrogens (tertiary/aromatic N) is 3. The highest BCUT2D eigenvalue weighted by atomic mass is 32.2. The minimum atomic E-state index is -4.51. The van der Waals surface area contributed by atoms with Gasteiger partial charge in [0.25, 0.3) is 5.56 Å². The van der Waals surface area contributed by atoms with Crippen LogP contribution in [0.2, 0.25) is 0 Å². The Kier molecular flexibility index (Phi) is 6.39. The minimum absolute atomic E-state index is 0.0243. The third-order valence-corrected chi connectivity index (χ3v) is 8.47. The molecule has 0 aliphatic carbocycles. The maximum atomic E-state index is 15.9. The van der Waals surface area contributed by atoms with E-state index in [4.69, 9.17) is 0 Å². The van der Waals surface area contributed by atoms with Crippen LogP contribution < -0.4 is 10.9 Å². The Hall–Kier alpha value is -3.02. The molecule has 36 heavy (non-hydrogen) atoms. The average Bonchev–Trinajstić information content (AvgIpc) is 2.78. The number of hydrogen-bond acceptors (Lipinski definition) is 6. The molecule has 12 heteroatoms. The highest BCUT2D eigenvalue weighted by molar-refractivity contribution is 7.91. The first-order chi connectivity index (χ1) is 16.6. The van der Waals surface area contributed by atoms with Crippen molar-refractivity contribution in [1.82, 2.24) is 14.8 Å². The summed E-state index contributed by atoms with van der Waals surface area (Å²) in [5.41, 5.74) is -2.32. The summed E-state index contributed by atoms with van der Waals surface area (Å²) in [7, 11) is -1.90. The molecule has 0 spiro atoms. The molecular weight excluding hydrogens is 500 g/mol. The normalized spacial score (nSPS) is 18.2. The van der Waals surface area contributed by atoms with E-state index in [0.29, 0.717) is 5.56 Å². The van der Waals surface area contributed by atoms with Crippen molar-refractivity contribution < 1.29 is 26.0 Å². The van der Waals surface area contributed by atoms with Crippen LogP contribution in [-0.4, -0.2) is 34.7 Å². The maximum Gasteiger partial charge on any atom is 0.416 e. The van der Waals surface area contributed by atoms with Crippen LogP contribution in [0.3, 0.4) is 0 Å². The van der Waals surface area contributed by atoms with Gasteiger partial charge in [0.1, 0.15) is 11.2 Å². The zero-order chi connectivity index (χ0) is 26.6. The van der Waals surface area contributed by atoms with Crippen LogP contribution in [0.4, 0.5) is 23.4 Å². The topological polar surface area (TPSA) is 93.9 Å². The number of halogens is 4. The number of nitrogens with one attached hydrogen (secondary N) is 1. The Balaban J connectivity index is 1.82. The fourth-order valence-corrected chi connectivity index (χ4v) is 6.23. The molecule has 4 rings (SSSR count). The molecule has 194 valence electrons. The lowest BCUT2D eigenvalue weighted by Crippen LogP contribution is -2.34. The summed E-state index contributed by atoms with van der Waals surface area (Å²) >= 11 is 0. The van der Waals surface area contributed by atoms with E-state index < -0.39 is 38.8 Å². The van der Waals surface area contributed by atoms with Crippen molar-refractivity contribution in [2.45, 2.75) is 51.5 Å². The highest BCUT2D eigenvalue weighted by Gasteiger charge is 2.41. The van der Waals surface area contributed by atoms with Crippen LogP contribution in [0, 0.1) is 13.8 Å². The summed E-state index contributed by atoms with van der Waals surface area (Å²) in [6, 6.07) is 4.71. The molecule has 0 bridgehead atoms. The molecule has 1 atom stereocenters. The van der Waals surface area contributed by atoms with Crippen molar-refractivity contribution in [2.24, 2.45) is 7.05 Å². The van der Waals surface area contributed by atoms with Crippen LogP contribution in [0.15, 0.2) is 29.1 Å². The third kappa shape index (κ3) is 4.70. The van der Waals surface area contributed by atoms with Crippen molar-refractivity contribution in [3.8, 4) is 0 Å². The van der Waals surface area contributed by atoms with Crippen LogP contribution in [-0.2, 0) is 28.7 Å². The van der Waals surface area contributed by atoms with Crippen molar-refractivity contribution >= 4 is 26.6 Å². The summed E-state index contributed by atoms with van der Waals surface area (Å²) < 4.78 is 81.0. The first-order valence-corrected chi connectivity index (χ1v) is 13.2. The molecule has 1 N–H and O–H groups in total. The SMILES string of the molecule is Cc1nc2c(=O)n(C)nc(N[C@H](C)c3cccc(C(F)(F)F)c3C)c2cc1C1(F)CCS(=O)(=O)CC1. The fourth-order valence-electron chi connectivity index (χ4n) is 4.76. The number of pyridine rings is 1. The standard InChI is InChI=1S/C24H26F4N4O3S/c1-13-16(6-5-7-18(13)24(26,27)28)14(2)30-21-17-12-19(23(25)8-10-36(34,35)11-9-23)15(3)29-20(17)22(33)32(4)31-21/h5-7,12,14H,8-11H2,1-4H3,(H,30,31)/t14-/m1/s1. The maximum absolute atomic E-state index is 15.9. The second kappa shape index (κ2) is 8.82. The molecular formula is C24H26F4N4O3S. The summed E-state index contributed by atoms with van der Waals surface area (Å²) in [4.78, 5) is 17.1.